The summed E-state index contributed by atoms with van der Waals surface area (Å²) in [6, 6.07) is 0. The Balaban J connectivity index is 3.62. The maximum Gasteiger partial charge on any atom is 0.226 e. The molecule has 4 heteroatoms. The lowest BCUT2D eigenvalue weighted by Gasteiger charge is -2.01. The predicted octanol–water partition coefficient (Wildman–Crippen LogP) is 0.627. The van der Waals surface area contributed by atoms with Gasteiger partial charge in [0, 0.05) is 13.0 Å². The second kappa shape index (κ2) is 6.64. The molecule has 12 heavy (non-hydrogen) atoms. The summed E-state index contributed by atoms with van der Waals surface area (Å²) in [4.78, 5) is 14.7. The van der Waals surface area contributed by atoms with Crippen molar-refractivity contribution in [1.82, 2.24) is 5.32 Å². The molecule has 0 heterocycles. The average Bonchev–Trinajstić information content (AvgIpc) is 2.05. The van der Waals surface area contributed by atoms with E-state index in [-0.39, 0.29) is 11.9 Å². The zero-order valence-corrected chi connectivity index (χ0v) is 7.76. The second-order valence-corrected chi connectivity index (χ2v) is 2.52. The molecule has 0 saturated heterocycles. The van der Waals surface area contributed by atoms with E-state index in [1.165, 1.54) is 0 Å². The lowest BCUT2D eigenvalue weighted by Crippen LogP contribution is -2.36. The van der Waals surface area contributed by atoms with Crippen LogP contribution in [-0.4, -0.2) is 18.4 Å². The van der Waals surface area contributed by atoms with E-state index >= 15 is 0 Å². The number of carbonyl (C=O) groups is 1. The summed E-state index contributed by atoms with van der Waals surface area (Å²) in [5.74, 6) is 0.142. The van der Waals surface area contributed by atoms with Gasteiger partial charge >= 0.3 is 0 Å². The van der Waals surface area contributed by atoms with E-state index in [1.54, 1.807) is 6.92 Å². The lowest BCUT2D eigenvalue weighted by atomic mass is 10.3. The molecule has 0 aliphatic rings. The number of hydrogen-bond acceptors (Lipinski definition) is 2. The molecule has 0 unspecified atom stereocenters. The van der Waals surface area contributed by atoms with E-state index in [2.05, 4.69) is 17.2 Å². The van der Waals surface area contributed by atoms with E-state index in [0.29, 0.717) is 13.0 Å². The molecule has 0 aromatic heterocycles. The minimum Gasteiger partial charge on any atom is -0.370 e. The Morgan fingerprint density at radius 1 is 1.50 bits per heavy atom. The van der Waals surface area contributed by atoms with Crippen molar-refractivity contribution in [3.8, 4) is 0 Å². The zero-order chi connectivity index (χ0) is 9.40. The van der Waals surface area contributed by atoms with Crippen molar-refractivity contribution in [3.63, 3.8) is 0 Å². The number of nitrogens with two attached hydrogens (primary N) is 1. The van der Waals surface area contributed by atoms with Gasteiger partial charge in [0.25, 0.3) is 0 Å². The fraction of sp³-hybridized carbons (Fsp3) is 0.750. The fourth-order valence-electron chi connectivity index (χ4n) is 0.628. The van der Waals surface area contributed by atoms with Gasteiger partial charge in [-0.1, -0.05) is 20.3 Å². The highest BCUT2D eigenvalue weighted by Gasteiger charge is 1.97. The van der Waals surface area contributed by atoms with Gasteiger partial charge in [-0.2, -0.15) is 0 Å². The number of hydrogen-bond donors (Lipinski definition) is 2. The van der Waals surface area contributed by atoms with Crippen LogP contribution in [0.5, 0.6) is 0 Å². The van der Waals surface area contributed by atoms with Crippen molar-refractivity contribution in [2.45, 2.75) is 33.1 Å². The van der Waals surface area contributed by atoms with Gasteiger partial charge in [-0.15, -0.1) is 0 Å². The van der Waals surface area contributed by atoms with Gasteiger partial charge in [-0.25, -0.2) is 0 Å². The van der Waals surface area contributed by atoms with E-state index in [0.717, 1.165) is 12.8 Å². The summed E-state index contributed by atoms with van der Waals surface area (Å²) in [5, 5.41) is 2.48. The number of rotatable bonds is 4. The fourth-order valence-corrected chi connectivity index (χ4v) is 0.628. The molecule has 0 fully saturated rings. The van der Waals surface area contributed by atoms with Crippen LogP contribution in [0.4, 0.5) is 0 Å². The number of carbonyl (C=O) groups excluding carboxylic acids is 1. The molecule has 0 aliphatic heterocycles. The van der Waals surface area contributed by atoms with Crippen LogP contribution in [0.1, 0.15) is 33.1 Å². The topological polar surface area (TPSA) is 67.5 Å². The quantitative estimate of drug-likeness (QED) is 0.370. The third-order valence-electron chi connectivity index (χ3n) is 1.38. The van der Waals surface area contributed by atoms with E-state index in [4.69, 9.17) is 5.73 Å². The van der Waals surface area contributed by atoms with Crippen LogP contribution < -0.4 is 11.1 Å². The van der Waals surface area contributed by atoms with Gasteiger partial charge in [0.15, 0.2) is 5.96 Å². The number of aliphatic imine (C=N–C) groups is 1. The monoisotopic (exact) mass is 171 g/mol. The van der Waals surface area contributed by atoms with Crippen molar-refractivity contribution in [2.75, 3.05) is 6.54 Å². The Bertz CT molecular complexity index is 166. The summed E-state index contributed by atoms with van der Waals surface area (Å²) >= 11 is 0. The smallest absolute Gasteiger partial charge is 0.226 e. The molecule has 0 aliphatic carbocycles. The van der Waals surface area contributed by atoms with E-state index in [1.807, 2.05) is 0 Å². The molecular weight excluding hydrogens is 154 g/mol. The molecular formula is C8H17N3O. The van der Waals surface area contributed by atoms with Crippen LogP contribution in [0.25, 0.3) is 0 Å². The largest absolute Gasteiger partial charge is 0.370 e. The third-order valence-corrected chi connectivity index (χ3v) is 1.38. The van der Waals surface area contributed by atoms with Crippen LogP contribution in [0.15, 0.2) is 4.99 Å². The van der Waals surface area contributed by atoms with Crippen LogP contribution in [-0.2, 0) is 4.79 Å². The van der Waals surface area contributed by atoms with Gasteiger partial charge < -0.3 is 5.73 Å². The first-order chi connectivity index (χ1) is 5.70. The van der Waals surface area contributed by atoms with Gasteiger partial charge in [-0.05, 0) is 6.42 Å². The standard InChI is InChI=1S/C8H17N3O/c1-3-5-6-10-8(9)11-7(12)4-2/h3-6H2,1-2H3,(H3,9,10,11,12). The SMILES string of the molecule is CCCCN=C(N)NC(=O)CC. The highest BCUT2D eigenvalue weighted by atomic mass is 16.1. The first kappa shape index (κ1) is 10.9. The maximum absolute atomic E-state index is 10.8. The number of nitrogens with zero attached hydrogens (tertiary/aromatic N) is 1. The van der Waals surface area contributed by atoms with Gasteiger partial charge in [0.2, 0.25) is 5.91 Å². The van der Waals surface area contributed by atoms with Crippen LogP contribution in [0.3, 0.4) is 0 Å². The number of guanidine groups is 1. The van der Waals surface area contributed by atoms with Gasteiger partial charge in [0.1, 0.15) is 0 Å². The molecule has 1 amide bonds. The molecule has 0 bridgehead atoms. The molecule has 3 N–H and O–H groups in total. The maximum atomic E-state index is 10.8. The van der Waals surface area contributed by atoms with Crippen LogP contribution in [0.2, 0.25) is 0 Å². The minimum absolute atomic E-state index is 0.0900. The second-order valence-electron chi connectivity index (χ2n) is 2.52. The molecule has 0 saturated carbocycles. The summed E-state index contributed by atoms with van der Waals surface area (Å²) in [6.07, 6.45) is 2.52. The molecule has 0 radical (unpaired) electrons. The molecule has 4 nitrogen and oxygen atoms in total. The van der Waals surface area contributed by atoms with E-state index < -0.39 is 0 Å². The van der Waals surface area contributed by atoms with Crippen LogP contribution >= 0.6 is 0 Å². The highest BCUT2D eigenvalue weighted by Crippen LogP contribution is 1.85. The zero-order valence-electron chi connectivity index (χ0n) is 7.76. The Labute approximate surface area is 73.2 Å². The Hall–Kier alpha value is -1.06. The van der Waals surface area contributed by atoms with Crippen LogP contribution in [0, 0.1) is 0 Å². The van der Waals surface area contributed by atoms with Crippen molar-refractivity contribution in [1.29, 1.82) is 0 Å². The average molecular weight is 171 g/mol. The number of nitrogens with one attached hydrogen (secondary N) is 1. The summed E-state index contributed by atoms with van der Waals surface area (Å²) in [7, 11) is 0. The lowest BCUT2D eigenvalue weighted by molar-refractivity contribution is -0.119. The molecule has 70 valence electrons. The number of amides is 1. The van der Waals surface area contributed by atoms with Crippen molar-refractivity contribution in [2.24, 2.45) is 10.7 Å². The third kappa shape index (κ3) is 5.70. The first-order valence-corrected chi connectivity index (χ1v) is 4.30. The minimum atomic E-state index is -0.0900. The molecule has 0 rings (SSSR count). The first-order valence-electron chi connectivity index (χ1n) is 4.30. The van der Waals surface area contributed by atoms with Crippen molar-refractivity contribution < 1.29 is 4.79 Å². The van der Waals surface area contributed by atoms with E-state index in [9.17, 15) is 4.79 Å². The number of unbranched alkanes of at least 4 members (excludes halogenated alkanes) is 1. The molecule has 0 spiro atoms. The molecule has 0 atom stereocenters. The van der Waals surface area contributed by atoms with Crippen molar-refractivity contribution >= 4 is 11.9 Å². The summed E-state index contributed by atoms with van der Waals surface area (Å²) < 4.78 is 0. The van der Waals surface area contributed by atoms with Gasteiger partial charge in [-0.3, -0.25) is 15.1 Å². The normalized spacial score (nSPS) is 11.3. The Kier molecular flexibility index (Phi) is 6.05. The Morgan fingerprint density at radius 3 is 2.67 bits per heavy atom. The summed E-state index contributed by atoms with van der Waals surface area (Å²) in [6.45, 7) is 4.54. The predicted molar refractivity (Wildman–Crippen MR) is 49.8 cm³/mol. The van der Waals surface area contributed by atoms with Crippen molar-refractivity contribution in [3.05, 3.63) is 0 Å². The summed E-state index contributed by atoms with van der Waals surface area (Å²) in [5.41, 5.74) is 5.41. The molecule has 0 aromatic carbocycles. The Morgan fingerprint density at radius 2 is 2.17 bits per heavy atom. The highest BCUT2D eigenvalue weighted by molar-refractivity contribution is 5.95. The van der Waals surface area contributed by atoms with Gasteiger partial charge in [0.05, 0.1) is 0 Å². The molecule has 0 aromatic rings.